The van der Waals surface area contributed by atoms with Gasteiger partial charge in [-0.2, -0.15) is 8.42 Å². The Balaban J connectivity index is 1.75. The Bertz CT molecular complexity index is 721. The van der Waals surface area contributed by atoms with Crippen molar-refractivity contribution in [2.75, 3.05) is 11.8 Å². The molecular weight excluding hydrogens is 308 g/mol. The molecule has 0 aliphatic heterocycles. The highest BCUT2D eigenvalue weighted by Crippen LogP contribution is 2.41. The molecule has 2 aromatic heterocycles. The van der Waals surface area contributed by atoms with Gasteiger partial charge in [0.2, 0.25) is 0 Å². The third kappa shape index (κ3) is 3.39. The summed E-state index contributed by atoms with van der Waals surface area (Å²) in [4.78, 5) is 8.33. The Labute approximate surface area is 127 Å². The maximum atomic E-state index is 12.2. The summed E-state index contributed by atoms with van der Waals surface area (Å²) in [5, 5.41) is 5.31. The van der Waals surface area contributed by atoms with E-state index >= 15 is 0 Å². The minimum atomic E-state index is -3.67. The van der Waals surface area contributed by atoms with Gasteiger partial charge in [0.15, 0.2) is 10.2 Å². The molecule has 0 unspecified atom stereocenters. The fraction of sp³-hybridized carbons (Fsp3) is 0.385. The molecule has 1 fully saturated rings. The third-order valence-electron chi connectivity index (χ3n) is 3.19. The number of hydrogen-bond donors (Lipinski definition) is 2. The van der Waals surface area contributed by atoms with Crippen LogP contribution in [0, 0.1) is 0 Å². The van der Waals surface area contributed by atoms with Crippen LogP contribution < -0.4 is 10.0 Å². The van der Waals surface area contributed by atoms with E-state index in [0.717, 1.165) is 24.1 Å². The van der Waals surface area contributed by atoms with E-state index in [1.807, 2.05) is 12.4 Å². The molecule has 0 radical (unpaired) electrons. The van der Waals surface area contributed by atoms with Gasteiger partial charge < -0.3 is 5.32 Å². The van der Waals surface area contributed by atoms with Gasteiger partial charge >= 0.3 is 0 Å². The molecule has 112 valence electrons. The Kier molecular flexibility index (Phi) is 3.92. The zero-order valence-electron chi connectivity index (χ0n) is 11.5. The molecule has 3 rings (SSSR count). The summed E-state index contributed by atoms with van der Waals surface area (Å²) in [6.07, 6.45) is 3.84. The van der Waals surface area contributed by atoms with E-state index in [9.17, 15) is 8.42 Å². The van der Waals surface area contributed by atoms with E-state index in [1.165, 1.54) is 17.4 Å². The van der Waals surface area contributed by atoms with Crippen molar-refractivity contribution < 1.29 is 8.42 Å². The molecule has 1 saturated carbocycles. The summed E-state index contributed by atoms with van der Waals surface area (Å²) >= 11 is 1.31. The maximum absolute atomic E-state index is 12.2. The molecule has 1 aliphatic rings. The summed E-state index contributed by atoms with van der Waals surface area (Å²) in [6, 6.07) is 3.25. The van der Waals surface area contributed by atoms with Crippen LogP contribution in [0.3, 0.4) is 0 Å². The summed E-state index contributed by atoms with van der Waals surface area (Å²) in [5.74, 6) is 0.512. The van der Waals surface area contributed by atoms with Gasteiger partial charge in [0.1, 0.15) is 0 Å². The van der Waals surface area contributed by atoms with E-state index in [2.05, 4.69) is 20.0 Å². The summed E-state index contributed by atoms with van der Waals surface area (Å²) in [5.41, 5.74) is 1.91. The molecule has 21 heavy (non-hydrogen) atoms. The van der Waals surface area contributed by atoms with E-state index in [-0.39, 0.29) is 5.03 Å². The first kappa shape index (κ1) is 14.4. The molecule has 0 bridgehead atoms. The zero-order valence-corrected chi connectivity index (χ0v) is 13.2. The van der Waals surface area contributed by atoms with Gasteiger partial charge in [-0.1, -0.05) is 6.07 Å². The lowest BCUT2D eigenvalue weighted by atomic mass is 10.3. The van der Waals surface area contributed by atoms with Crippen molar-refractivity contribution in [3.63, 3.8) is 0 Å². The van der Waals surface area contributed by atoms with Crippen molar-refractivity contribution in [1.29, 1.82) is 0 Å². The summed E-state index contributed by atoms with van der Waals surface area (Å²) in [6.45, 7) is 0.651. The van der Waals surface area contributed by atoms with Gasteiger partial charge in [-0.25, -0.2) is 9.97 Å². The SMILES string of the molecule is CNCc1ccc(S(=O)(=O)Nc2nc(C3CC3)cs2)nc1. The Morgan fingerprint density at radius 3 is 2.81 bits per heavy atom. The molecule has 2 N–H and O–H groups in total. The second kappa shape index (κ2) is 5.70. The number of rotatable bonds is 6. The van der Waals surface area contributed by atoms with Crippen molar-refractivity contribution >= 4 is 26.5 Å². The number of hydrogen-bond acceptors (Lipinski definition) is 6. The molecule has 0 amide bonds. The van der Waals surface area contributed by atoms with Crippen molar-refractivity contribution in [2.24, 2.45) is 0 Å². The van der Waals surface area contributed by atoms with Crippen LogP contribution in [0.4, 0.5) is 5.13 Å². The highest BCUT2D eigenvalue weighted by atomic mass is 32.2. The number of thiazole rings is 1. The topological polar surface area (TPSA) is 84.0 Å². The first-order valence-corrected chi connectivity index (χ1v) is 9.02. The second-order valence-corrected chi connectivity index (χ2v) is 7.48. The van der Waals surface area contributed by atoms with Crippen molar-refractivity contribution in [3.05, 3.63) is 35.0 Å². The van der Waals surface area contributed by atoms with Crippen LogP contribution in [-0.2, 0) is 16.6 Å². The van der Waals surface area contributed by atoms with Crippen LogP contribution in [0.15, 0.2) is 28.7 Å². The quantitative estimate of drug-likeness (QED) is 0.848. The fourth-order valence-electron chi connectivity index (χ4n) is 1.95. The van der Waals surface area contributed by atoms with Crippen molar-refractivity contribution in [1.82, 2.24) is 15.3 Å². The number of aromatic nitrogens is 2. The van der Waals surface area contributed by atoms with Crippen LogP contribution in [0.2, 0.25) is 0 Å². The number of pyridine rings is 1. The van der Waals surface area contributed by atoms with Crippen LogP contribution in [-0.4, -0.2) is 25.4 Å². The third-order valence-corrected chi connectivity index (χ3v) is 5.35. The smallest absolute Gasteiger partial charge is 0.281 e. The average Bonchev–Trinajstić information content (AvgIpc) is 3.21. The number of nitrogens with zero attached hydrogens (tertiary/aromatic N) is 2. The van der Waals surface area contributed by atoms with Crippen molar-refractivity contribution in [2.45, 2.75) is 30.3 Å². The van der Waals surface area contributed by atoms with Gasteiger partial charge in [0.25, 0.3) is 10.0 Å². The lowest BCUT2D eigenvalue weighted by Crippen LogP contribution is -2.15. The fourth-order valence-corrected chi connectivity index (χ4v) is 3.92. The summed E-state index contributed by atoms with van der Waals surface area (Å²) in [7, 11) is -1.85. The number of nitrogens with one attached hydrogen (secondary N) is 2. The van der Waals surface area contributed by atoms with Gasteiger partial charge in [-0.15, -0.1) is 11.3 Å². The Hall–Kier alpha value is -1.51. The number of sulfonamides is 1. The number of anilines is 1. The van der Waals surface area contributed by atoms with Crippen LogP contribution in [0.25, 0.3) is 0 Å². The predicted molar refractivity (Wildman–Crippen MR) is 81.9 cm³/mol. The monoisotopic (exact) mass is 324 g/mol. The maximum Gasteiger partial charge on any atom is 0.281 e. The van der Waals surface area contributed by atoms with Gasteiger partial charge in [-0.05, 0) is 31.5 Å². The van der Waals surface area contributed by atoms with Gasteiger partial charge in [0.05, 0.1) is 5.69 Å². The van der Waals surface area contributed by atoms with Gasteiger partial charge in [0, 0.05) is 24.0 Å². The highest BCUT2D eigenvalue weighted by Gasteiger charge is 2.27. The molecule has 0 aromatic carbocycles. The van der Waals surface area contributed by atoms with Crippen LogP contribution in [0.5, 0.6) is 0 Å². The van der Waals surface area contributed by atoms with Crippen molar-refractivity contribution in [3.8, 4) is 0 Å². The molecule has 0 spiro atoms. The highest BCUT2D eigenvalue weighted by molar-refractivity contribution is 7.92. The molecule has 6 nitrogen and oxygen atoms in total. The summed E-state index contributed by atoms with van der Waals surface area (Å²) < 4.78 is 27.0. The first-order valence-electron chi connectivity index (χ1n) is 6.66. The molecule has 0 saturated heterocycles. The standard InChI is InChI=1S/C13H16N4O2S2/c1-14-6-9-2-5-12(15-7-9)21(18,19)17-13-16-11(8-20-13)10-3-4-10/h2,5,7-8,10,14H,3-4,6H2,1H3,(H,16,17). The first-order chi connectivity index (χ1) is 10.1. The van der Waals surface area contributed by atoms with Crippen LogP contribution >= 0.6 is 11.3 Å². The molecule has 1 aliphatic carbocycles. The molecule has 2 aromatic rings. The molecule has 2 heterocycles. The zero-order chi connectivity index (χ0) is 14.9. The van der Waals surface area contributed by atoms with E-state index < -0.39 is 10.0 Å². The Morgan fingerprint density at radius 2 is 2.19 bits per heavy atom. The van der Waals surface area contributed by atoms with E-state index in [1.54, 1.807) is 12.3 Å². The largest absolute Gasteiger partial charge is 0.316 e. The second-order valence-electron chi connectivity index (χ2n) is 4.99. The van der Waals surface area contributed by atoms with E-state index in [0.29, 0.717) is 17.6 Å². The molecular formula is C13H16N4O2S2. The molecule has 0 atom stereocenters. The minimum Gasteiger partial charge on any atom is -0.316 e. The van der Waals surface area contributed by atoms with E-state index in [4.69, 9.17) is 0 Å². The van der Waals surface area contributed by atoms with Gasteiger partial charge in [-0.3, -0.25) is 4.72 Å². The van der Waals surface area contributed by atoms with Crippen LogP contribution in [0.1, 0.15) is 30.0 Å². The lowest BCUT2D eigenvalue weighted by Gasteiger charge is -2.05. The molecule has 8 heteroatoms. The lowest BCUT2D eigenvalue weighted by molar-refractivity contribution is 0.597. The normalized spacial score (nSPS) is 15.1. The Morgan fingerprint density at radius 1 is 1.38 bits per heavy atom. The minimum absolute atomic E-state index is 0.00512. The average molecular weight is 324 g/mol. The predicted octanol–water partition coefficient (Wildman–Crippen LogP) is 1.94.